The Morgan fingerprint density at radius 1 is 1.13 bits per heavy atom. The summed E-state index contributed by atoms with van der Waals surface area (Å²) < 4.78 is 5.69. The highest BCUT2D eigenvalue weighted by Gasteiger charge is 2.21. The van der Waals surface area contributed by atoms with Gasteiger partial charge in [-0.3, -0.25) is 0 Å². The topological polar surface area (TPSA) is 89.2 Å². The van der Waals surface area contributed by atoms with Gasteiger partial charge >= 0.3 is 0 Å². The third-order valence-corrected chi connectivity index (χ3v) is 6.94. The number of thioether (sulfide) groups is 1. The first-order valence-electron chi connectivity index (χ1n) is 10.6. The van der Waals surface area contributed by atoms with Crippen LogP contribution in [0.4, 0.5) is 5.95 Å². The lowest BCUT2D eigenvalue weighted by Crippen LogP contribution is -2.43. The minimum atomic E-state index is 0.217. The fourth-order valence-electron chi connectivity index (χ4n) is 4.28. The lowest BCUT2D eigenvalue weighted by molar-refractivity contribution is 0.103. The van der Waals surface area contributed by atoms with Crippen LogP contribution in [0, 0.1) is 0 Å². The van der Waals surface area contributed by atoms with Crippen molar-refractivity contribution >= 4 is 40.1 Å². The van der Waals surface area contributed by atoms with Gasteiger partial charge in [0.2, 0.25) is 5.95 Å². The summed E-state index contributed by atoms with van der Waals surface area (Å²) in [5, 5.41) is 6.84. The van der Waals surface area contributed by atoms with Gasteiger partial charge < -0.3 is 20.7 Å². The second kappa shape index (κ2) is 9.26. The van der Waals surface area contributed by atoms with E-state index in [2.05, 4.69) is 32.3 Å². The van der Waals surface area contributed by atoms with Gasteiger partial charge in [-0.05, 0) is 40.9 Å². The van der Waals surface area contributed by atoms with Crippen molar-refractivity contribution in [2.75, 3.05) is 44.2 Å². The van der Waals surface area contributed by atoms with Gasteiger partial charge in [-0.2, -0.15) is 9.97 Å². The summed E-state index contributed by atoms with van der Waals surface area (Å²) in [6, 6.07) is 8.13. The molecule has 0 amide bonds. The Morgan fingerprint density at radius 2 is 1.97 bits per heavy atom. The number of nitrogens with zero attached hydrogens (tertiary/aromatic N) is 4. The Morgan fingerprint density at radius 3 is 2.84 bits per heavy atom. The number of nitrogens with two attached hydrogens (primary N) is 1. The molecule has 162 valence electrons. The fraction of sp³-hybridized carbons (Fsp3) is 0.409. The van der Waals surface area contributed by atoms with Gasteiger partial charge in [0.1, 0.15) is 0 Å². The van der Waals surface area contributed by atoms with Gasteiger partial charge in [0.15, 0.2) is 11.0 Å². The van der Waals surface area contributed by atoms with E-state index in [1.54, 1.807) is 11.8 Å². The van der Waals surface area contributed by atoms with E-state index in [0.717, 1.165) is 67.0 Å². The highest BCUT2D eigenvalue weighted by Crippen LogP contribution is 2.39. The molecule has 0 aliphatic carbocycles. The molecular formula is C22H25ClN6OS. The normalized spacial score (nSPS) is 16.7. The van der Waals surface area contributed by atoms with Gasteiger partial charge in [0.05, 0.1) is 18.2 Å². The predicted molar refractivity (Wildman–Crippen MR) is 125 cm³/mol. The first-order valence-corrected chi connectivity index (χ1v) is 11.9. The molecule has 5 rings (SSSR count). The van der Waals surface area contributed by atoms with Crippen molar-refractivity contribution in [3.05, 3.63) is 40.4 Å². The Bertz CT molecular complexity index is 1110. The van der Waals surface area contributed by atoms with Crippen LogP contribution in [-0.2, 0) is 18.0 Å². The van der Waals surface area contributed by atoms with Crippen LogP contribution in [0.3, 0.4) is 0 Å². The molecule has 0 unspecified atom stereocenters. The fourth-order valence-corrected chi connectivity index (χ4v) is 5.36. The molecular weight excluding hydrogens is 432 g/mol. The standard InChI is InChI=1S/C22H25ClN6OS/c23-17-11-15-13-30-12-14-3-1-4-16(18(14)15)19(17)20-26-21(24)28-22(27-20)31-10-2-7-29-8-5-25-6-9-29/h1,3-4,11,25H,2,5-10,12-13H2,(H2,24,26,27,28). The van der Waals surface area contributed by atoms with E-state index in [1.165, 1.54) is 5.39 Å². The lowest BCUT2D eigenvalue weighted by Gasteiger charge is -2.26. The molecule has 1 saturated heterocycles. The van der Waals surface area contributed by atoms with Gasteiger partial charge in [0, 0.05) is 37.5 Å². The molecule has 9 heteroatoms. The second-order valence-corrected chi connectivity index (χ2v) is 9.29. The number of ether oxygens (including phenoxy) is 1. The molecule has 2 aliphatic heterocycles. The maximum Gasteiger partial charge on any atom is 0.224 e. The highest BCUT2D eigenvalue weighted by atomic mass is 35.5. The van der Waals surface area contributed by atoms with Crippen LogP contribution in [0.5, 0.6) is 0 Å². The third kappa shape index (κ3) is 4.49. The van der Waals surface area contributed by atoms with Crippen molar-refractivity contribution in [2.24, 2.45) is 0 Å². The molecule has 0 bridgehead atoms. The van der Waals surface area contributed by atoms with Crippen molar-refractivity contribution < 1.29 is 4.74 Å². The Labute approximate surface area is 190 Å². The van der Waals surface area contributed by atoms with Crippen LogP contribution in [0.25, 0.3) is 22.2 Å². The number of nitrogen functional groups attached to an aromatic ring is 1. The van der Waals surface area contributed by atoms with Crippen LogP contribution in [0.15, 0.2) is 29.4 Å². The van der Waals surface area contributed by atoms with E-state index in [-0.39, 0.29) is 5.95 Å². The Hall–Kier alpha value is -1.97. The van der Waals surface area contributed by atoms with Crippen LogP contribution in [0.1, 0.15) is 17.5 Å². The minimum Gasteiger partial charge on any atom is -0.372 e. The summed E-state index contributed by atoms with van der Waals surface area (Å²) >= 11 is 8.32. The average molecular weight is 457 g/mol. The molecule has 3 aromatic rings. The maximum absolute atomic E-state index is 6.70. The quantitative estimate of drug-likeness (QED) is 0.431. The van der Waals surface area contributed by atoms with E-state index >= 15 is 0 Å². The summed E-state index contributed by atoms with van der Waals surface area (Å²) in [7, 11) is 0. The minimum absolute atomic E-state index is 0.217. The van der Waals surface area contributed by atoms with Gasteiger partial charge in [-0.25, -0.2) is 4.98 Å². The third-order valence-electron chi connectivity index (χ3n) is 5.71. The van der Waals surface area contributed by atoms with Crippen LogP contribution in [-0.4, -0.2) is 58.3 Å². The molecule has 2 aliphatic rings. The summed E-state index contributed by atoms with van der Waals surface area (Å²) in [6.07, 6.45) is 1.08. The zero-order chi connectivity index (χ0) is 21.2. The number of piperazine rings is 1. The van der Waals surface area contributed by atoms with Gasteiger partial charge in [-0.1, -0.05) is 41.6 Å². The van der Waals surface area contributed by atoms with E-state index in [0.29, 0.717) is 29.2 Å². The molecule has 1 aromatic heterocycles. The van der Waals surface area contributed by atoms with Crippen molar-refractivity contribution in [2.45, 2.75) is 24.8 Å². The zero-order valence-electron chi connectivity index (χ0n) is 17.2. The van der Waals surface area contributed by atoms with Crippen molar-refractivity contribution in [3.8, 4) is 11.4 Å². The van der Waals surface area contributed by atoms with Crippen LogP contribution >= 0.6 is 23.4 Å². The zero-order valence-corrected chi connectivity index (χ0v) is 18.8. The van der Waals surface area contributed by atoms with Crippen molar-refractivity contribution in [3.63, 3.8) is 0 Å². The summed E-state index contributed by atoms with van der Waals surface area (Å²) in [4.78, 5) is 16.0. The van der Waals surface area contributed by atoms with Gasteiger partial charge in [-0.15, -0.1) is 0 Å². The van der Waals surface area contributed by atoms with E-state index in [4.69, 9.17) is 27.1 Å². The van der Waals surface area contributed by atoms with Crippen LogP contribution < -0.4 is 11.1 Å². The lowest BCUT2D eigenvalue weighted by atomic mass is 9.94. The molecule has 0 saturated carbocycles. The average Bonchev–Trinajstić information content (AvgIpc) is 2.77. The Balaban J connectivity index is 1.40. The number of hydrogen-bond acceptors (Lipinski definition) is 8. The number of anilines is 1. The number of rotatable bonds is 6. The second-order valence-electron chi connectivity index (χ2n) is 7.82. The SMILES string of the molecule is Nc1nc(SCCCN2CCNCC2)nc(-c2c(Cl)cc3c4c(cccc24)COC3)n1. The summed E-state index contributed by atoms with van der Waals surface area (Å²) in [5.41, 5.74) is 9.11. The molecule has 7 nitrogen and oxygen atoms in total. The number of hydrogen-bond donors (Lipinski definition) is 2. The van der Waals surface area contributed by atoms with E-state index < -0.39 is 0 Å². The van der Waals surface area contributed by atoms with Crippen molar-refractivity contribution in [1.82, 2.24) is 25.2 Å². The molecule has 3 N–H and O–H groups in total. The number of benzene rings is 2. The maximum atomic E-state index is 6.70. The van der Waals surface area contributed by atoms with E-state index in [9.17, 15) is 0 Å². The first kappa shape index (κ1) is 20.9. The first-order chi connectivity index (χ1) is 15.2. The Kier molecular flexibility index (Phi) is 6.24. The molecule has 3 heterocycles. The molecule has 0 atom stereocenters. The highest BCUT2D eigenvalue weighted by molar-refractivity contribution is 7.99. The molecule has 2 aromatic carbocycles. The monoisotopic (exact) mass is 456 g/mol. The summed E-state index contributed by atoms with van der Waals surface area (Å²) in [5.74, 6) is 1.67. The largest absolute Gasteiger partial charge is 0.372 e. The molecule has 31 heavy (non-hydrogen) atoms. The number of halogens is 1. The van der Waals surface area contributed by atoms with Gasteiger partial charge in [0.25, 0.3) is 0 Å². The molecule has 1 fully saturated rings. The van der Waals surface area contributed by atoms with Crippen molar-refractivity contribution in [1.29, 1.82) is 0 Å². The predicted octanol–water partition coefficient (Wildman–Crippen LogP) is 3.35. The smallest absolute Gasteiger partial charge is 0.224 e. The molecule has 0 radical (unpaired) electrons. The summed E-state index contributed by atoms with van der Waals surface area (Å²) in [6.45, 7) is 6.61. The van der Waals surface area contributed by atoms with E-state index in [1.807, 2.05) is 12.1 Å². The number of aromatic nitrogens is 3. The number of nitrogens with one attached hydrogen (secondary N) is 1. The molecule has 0 spiro atoms. The van der Waals surface area contributed by atoms with Crippen LogP contribution in [0.2, 0.25) is 5.02 Å².